The quantitative estimate of drug-likeness (QED) is 0.856. The van der Waals surface area contributed by atoms with Gasteiger partial charge in [0.05, 0.1) is 10.0 Å². The van der Waals surface area contributed by atoms with E-state index in [0.29, 0.717) is 16.6 Å². The second kappa shape index (κ2) is 5.29. The van der Waals surface area contributed by atoms with Crippen molar-refractivity contribution in [1.29, 1.82) is 0 Å². The van der Waals surface area contributed by atoms with E-state index in [1.165, 1.54) is 0 Å². The zero-order chi connectivity index (χ0) is 13.4. The lowest BCUT2D eigenvalue weighted by Crippen LogP contribution is -2.64. The minimum absolute atomic E-state index is 0.0584. The number of hydrogen-bond donors (Lipinski definition) is 1. The van der Waals surface area contributed by atoms with Crippen LogP contribution < -0.4 is 10.2 Å². The standard InChI is InChI=1S/C13H15Cl2N3O/c14-10-2-1-9(7-11(10)15)18-6-5-17-4-3-16-8-12(17)13(18)19/h1-2,7,12,16H,3-6,8H2/t12-/m1/s1. The highest BCUT2D eigenvalue weighted by Crippen LogP contribution is 2.29. The molecule has 1 N–H and O–H groups in total. The van der Waals surface area contributed by atoms with E-state index in [2.05, 4.69) is 10.2 Å². The molecule has 1 amide bonds. The molecule has 1 aromatic carbocycles. The summed E-state index contributed by atoms with van der Waals surface area (Å²) in [4.78, 5) is 16.6. The summed E-state index contributed by atoms with van der Waals surface area (Å²) in [6.07, 6.45) is 0. The molecule has 0 saturated carbocycles. The van der Waals surface area contributed by atoms with E-state index >= 15 is 0 Å². The summed E-state index contributed by atoms with van der Waals surface area (Å²) in [6.45, 7) is 4.21. The van der Waals surface area contributed by atoms with Gasteiger partial charge in [-0.3, -0.25) is 9.69 Å². The summed E-state index contributed by atoms with van der Waals surface area (Å²) in [6, 6.07) is 5.28. The molecule has 2 aliphatic rings. The summed E-state index contributed by atoms with van der Waals surface area (Å²) in [5, 5.41) is 4.26. The Bertz CT molecular complexity index is 509. The van der Waals surface area contributed by atoms with Gasteiger partial charge in [-0.25, -0.2) is 0 Å². The number of carbonyl (C=O) groups excluding carboxylic acids is 1. The number of carbonyl (C=O) groups is 1. The molecule has 2 saturated heterocycles. The first-order chi connectivity index (χ1) is 9.16. The smallest absolute Gasteiger partial charge is 0.245 e. The Labute approximate surface area is 122 Å². The van der Waals surface area contributed by atoms with Crippen LogP contribution in [-0.2, 0) is 4.79 Å². The molecule has 0 unspecified atom stereocenters. The van der Waals surface area contributed by atoms with Gasteiger partial charge in [-0.2, -0.15) is 0 Å². The summed E-state index contributed by atoms with van der Waals surface area (Å²) in [5.74, 6) is 0.136. The Morgan fingerprint density at radius 2 is 2.00 bits per heavy atom. The van der Waals surface area contributed by atoms with Crippen molar-refractivity contribution < 1.29 is 4.79 Å². The van der Waals surface area contributed by atoms with Crippen LogP contribution in [0.5, 0.6) is 0 Å². The molecule has 1 atom stereocenters. The van der Waals surface area contributed by atoms with Gasteiger partial charge in [-0.1, -0.05) is 23.2 Å². The van der Waals surface area contributed by atoms with E-state index in [1.54, 1.807) is 17.0 Å². The molecule has 2 heterocycles. The number of fused-ring (bicyclic) bond motifs is 1. The molecule has 19 heavy (non-hydrogen) atoms. The molecular formula is C13H15Cl2N3O. The molecule has 0 spiro atoms. The largest absolute Gasteiger partial charge is 0.313 e. The number of anilines is 1. The van der Waals surface area contributed by atoms with Crippen LogP contribution in [0.1, 0.15) is 0 Å². The number of hydrogen-bond acceptors (Lipinski definition) is 3. The Hall–Kier alpha value is -0.810. The van der Waals surface area contributed by atoms with Gasteiger partial charge < -0.3 is 10.2 Å². The van der Waals surface area contributed by atoms with Gasteiger partial charge in [-0.05, 0) is 18.2 Å². The highest BCUT2D eigenvalue weighted by molar-refractivity contribution is 6.42. The van der Waals surface area contributed by atoms with Crippen molar-refractivity contribution in [3.05, 3.63) is 28.2 Å². The minimum Gasteiger partial charge on any atom is -0.313 e. The van der Waals surface area contributed by atoms with E-state index in [9.17, 15) is 4.79 Å². The first-order valence-electron chi connectivity index (χ1n) is 6.38. The van der Waals surface area contributed by atoms with Crippen LogP contribution in [0.4, 0.5) is 5.69 Å². The lowest BCUT2D eigenvalue weighted by molar-refractivity contribution is -0.126. The van der Waals surface area contributed by atoms with Gasteiger partial charge in [0.2, 0.25) is 5.91 Å². The summed E-state index contributed by atoms with van der Waals surface area (Å²) < 4.78 is 0. The van der Waals surface area contributed by atoms with E-state index in [-0.39, 0.29) is 11.9 Å². The molecule has 4 nitrogen and oxygen atoms in total. The molecular weight excluding hydrogens is 285 g/mol. The Morgan fingerprint density at radius 1 is 1.16 bits per heavy atom. The highest BCUT2D eigenvalue weighted by Gasteiger charge is 2.36. The van der Waals surface area contributed by atoms with Crippen molar-refractivity contribution in [2.24, 2.45) is 0 Å². The fourth-order valence-electron chi connectivity index (χ4n) is 2.69. The molecule has 1 aromatic rings. The van der Waals surface area contributed by atoms with Gasteiger partial charge in [0.1, 0.15) is 6.04 Å². The zero-order valence-electron chi connectivity index (χ0n) is 10.4. The fourth-order valence-corrected chi connectivity index (χ4v) is 2.98. The van der Waals surface area contributed by atoms with Crippen LogP contribution in [0, 0.1) is 0 Å². The molecule has 0 aliphatic carbocycles. The van der Waals surface area contributed by atoms with Crippen molar-refractivity contribution in [3.63, 3.8) is 0 Å². The molecule has 0 bridgehead atoms. The third-order valence-corrected chi connectivity index (χ3v) is 4.47. The maximum Gasteiger partial charge on any atom is 0.245 e. The lowest BCUT2D eigenvalue weighted by Gasteiger charge is -2.43. The number of amides is 1. The average Bonchev–Trinajstić information content (AvgIpc) is 2.43. The van der Waals surface area contributed by atoms with Crippen LogP contribution in [0.2, 0.25) is 10.0 Å². The molecule has 2 aliphatic heterocycles. The first kappa shape index (κ1) is 13.2. The maximum atomic E-state index is 12.5. The second-order valence-corrected chi connectivity index (χ2v) is 5.66. The molecule has 0 aromatic heterocycles. The minimum atomic E-state index is -0.0584. The van der Waals surface area contributed by atoms with E-state index < -0.39 is 0 Å². The topological polar surface area (TPSA) is 35.6 Å². The van der Waals surface area contributed by atoms with Crippen LogP contribution in [0.15, 0.2) is 18.2 Å². The SMILES string of the molecule is O=C1[C@H]2CNCCN2CCN1c1ccc(Cl)c(Cl)c1. The van der Waals surface area contributed by atoms with Crippen LogP contribution in [0.3, 0.4) is 0 Å². The van der Waals surface area contributed by atoms with Crippen molar-refractivity contribution in [3.8, 4) is 0 Å². The zero-order valence-corrected chi connectivity index (χ0v) is 11.9. The van der Waals surface area contributed by atoms with Gasteiger partial charge in [0.15, 0.2) is 0 Å². The number of nitrogens with one attached hydrogen (secondary N) is 1. The number of halogens is 2. The molecule has 0 radical (unpaired) electrons. The predicted octanol–water partition coefficient (Wildman–Crippen LogP) is 1.61. The second-order valence-electron chi connectivity index (χ2n) is 4.84. The molecule has 6 heteroatoms. The third-order valence-electron chi connectivity index (χ3n) is 3.73. The van der Waals surface area contributed by atoms with Crippen LogP contribution >= 0.6 is 23.2 Å². The lowest BCUT2D eigenvalue weighted by atomic mass is 10.1. The number of nitrogens with zero attached hydrogens (tertiary/aromatic N) is 2. The first-order valence-corrected chi connectivity index (χ1v) is 7.13. The van der Waals surface area contributed by atoms with E-state index in [0.717, 1.165) is 31.9 Å². The summed E-state index contributed by atoms with van der Waals surface area (Å²) >= 11 is 11.9. The Morgan fingerprint density at radius 3 is 2.79 bits per heavy atom. The third kappa shape index (κ3) is 2.46. The monoisotopic (exact) mass is 299 g/mol. The molecule has 102 valence electrons. The Kier molecular flexibility index (Phi) is 3.67. The van der Waals surface area contributed by atoms with Gasteiger partial charge in [-0.15, -0.1) is 0 Å². The number of piperazine rings is 2. The van der Waals surface area contributed by atoms with E-state index in [1.807, 2.05) is 6.07 Å². The molecule has 3 rings (SSSR count). The van der Waals surface area contributed by atoms with Crippen molar-refractivity contribution >= 4 is 34.8 Å². The van der Waals surface area contributed by atoms with Crippen LogP contribution in [0.25, 0.3) is 0 Å². The van der Waals surface area contributed by atoms with Gasteiger partial charge >= 0.3 is 0 Å². The Balaban J connectivity index is 1.85. The van der Waals surface area contributed by atoms with Gasteiger partial charge in [0, 0.05) is 38.4 Å². The average molecular weight is 300 g/mol. The summed E-state index contributed by atoms with van der Waals surface area (Å²) in [5.41, 5.74) is 0.824. The van der Waals surface area contributed by atoms with Crippen molar-refractivity contribution in [2.45, 2.75) is 6.04 Å². The fraction of sp³-hybridized carbons (Fsp3) is 0.462. The van der Waals surface area contributed by atoms with Crippen LogP contribution in [-0.4, -0.2) is 49.6 Å². The summed E-state index contributed by atoms with van der Waals surface area (Å²) in [7, 11) is 0. The highest BCUT2D eigenvalue weighted by atomic mass is 35.5. The predicted molar refractivity (Wildman–Crippen MR) is 77.0 cm³/mol. The molecule has 2 fully saturated rings. The van der Waals surface area contributed by atoms with E-state index in [4.69, 9.17) is 23.2 Å². The number of benzene rings is 1. The normalized spacial score (nSPS) is 24.4. The van der Waals surface area contributed by atoms with Crippen molar-refractivity contribution in [2.75, 3.05) is 37.6 Å². The van der Waals surface area contributed by atoms with Gasteiger partial charge in [0.25, 0.3) is 0 Å². The van der Waals surface area contributed by atoms with Crippen molar-refractivity contribution in [1.82, 2.24) is 10.2 Å². The number of rotatable bonds is 1. The maximum absolute atomic E-state index is 12.5.